The van der Waals surface area contributed by atoms with Gasteiger partial charge in [-0.1, -0.05) is 12.1 Å². The van der Waals surface area contributed by atoms with E-state index in [4.69, 9.17) is 0 Å². The summed E-state index contributed by atoms with van der Waals surface area (Å²) in [5, 5.41) is 5.01. The smallest absolute Gasteiger partial charge is 0.251 e. The Hall–Kier alpha value is -3.29. The second kappa shape index (κ2) is 9.02. The molecule has 2 N–H and O–H groups in total. The van der Waals surface area contributed by atoms with Gasteiger partial charge in [0.2, 0.25) is 11.8 Å². The molecule has 0 saturated carbocycles. The van der Waals surface area contributed by atoms with Crippen LogP contribution in [-0.2, 0) is 9.59 Å². The topological polar surface area (TPSA) is 78.5 Å². The first-order valence-corrected chi connectivity index (χ1v) is 9.67. The molecule has 1 heterocycles. The molecular formula is C22H23F2N3O3. The van der Waals surface area contributed by atoms with Gasteiger partial charge < -0.3 is 15.5 Å². The van der Waals surface area contributed by atoms with Crippen LogP contribution >= 0.6 is 0 Å². The van der Waals surface area contributed by atoms with Gasteiger partial charge in [-0.15, -0.1) is 0 Å². The second-order valence-electron chi connectivity index (χ2n) is 7.20. The first kappa shape index (κ1) is 21.4. The molecule has 3 rings (SSSR count). The first-order valence-electron chi connectivity index (χ1n) is 9.67. The van der Waals surface area contributed by atoms with Gasteiger partial charge in [0.15, 0.2) is 0 Å². The minimum atomic E-state index is -0.622. The highest BCUT2D eigenvalue weighted by molar-refractivity contribution is 5.97. The van der Waals surface area contributed by atoms with Gasteiger partial charge in [0, 0.05) is 24.7 Å². The molecule has 1 aliphatic rings. The number of hydrogen-bond acceptors (Lipinski definition) is 3. The van der Waals surface area contributed by atoms with Crippen LogP contribution in [-0.4, -0.2) is 48.8 Å². The molecule has 2 aromatic rings. The monoisotopic (exact) mass is 415 g/mol. The standard InChI is InChI=1S/C22H23F2N3O3/c1-13-10-15(23)6-8-16(13)17-7-5-14(11-18(17)24)21(29)26-12-20(28)27-9-3-4-19(27)22(30)25-2/h5-8,10-11,19H,3-4,9,12H2,1-2H3,(H,25,30)(H,26,29). The molecule has 1 unspecified atom stereocenters. The van der Waals surface area contributed by atoms with Crippen molar-refractivity contribution in [3.8, 4) is 11.1 Å². The van der Waals surface area contributed by atoms with Gasteiger partial charge in [0.05, 0.1) is 6.54 Å². The Labute approximate surface area is 173 Å². The van der Waals surface area contributed by atoms with Crippen LogP contribution in [0.4, 0.5) is 8.78 Å². The molecule has 1 aliphatic heterocycles. The van der Waals surface area contributed by atoms with Crippen LogP contribution in [0.1, 0.15) is 28.8 Å². The average molecular weight is 415 g/mol. The Balaban J connectivity index is 1.67. The van der Waals surface area contributed by atoms with Gasteiger partial charge in [0.1, 0.15) is 17.7 Å². The number of carbonyl (C=O) groups is 3. The highest BCUT2D eigenvalue weighted by Gasteiger charge is 2.33. The van der Waals surface area contributed by atoms with Crippen LogP contribution in [0.15, 0.2) is 36.4 Å². The van der Waals surface area contributed by atoms with Crippen molar-refractivity contribution in [1.29, 1.82) is 0 Å². The molecule has 3 amide bonds. The zero-order valence-corrected chi connectivity index (χ0v) is 16.8. The normalized spacial score (nSPS) is 15.7. The number of nitrogens with zero attached hydrogens (tertiary/aromatic N) is 1. The van der Waals surface area contributed by atoms with E-state index in [-0.39, 0.29) is 29.5 Å². The van der Waals surface area contributed by atoms with E-state index in [0.717, 1.165) is 6.07 Å². The summed E-state index contributed by atoms with van der Waals surface area (Å²) in [6.45, 7) is 1.84. The summed E-state index contributed by atoms with van der Waals surface area (Å²) in [7, 11) is 1.51. The SMILES string of the molecule is CNC(=O)C1CCCN1C(=O)CNC(=O)c1ccc(-c2ccc(F)cc2C)c(F)c1. The maximum atomic E-state index is 14.6. The lowest BCUT2D eigenvalue weighted by molar-refractivity contribution is -0.137. The lowest BCUT2D eigenvalue weighted by Crippen LogP contribution is -2.48. The van der Waals surface area contributed by atoms with E-state index >= 15 is 0 Å². The summed E-state index contributed by atoms with van der Waals surface area (Å²) in [6, 6.07) is 7.50. The van der Waals surface area contributed by atoms with E-state index in [1.54, 1.807) is 6.92 Å². The number of rotatable bonds is 5. The van der Waals surface area contributed by atoms with Gasteiger partial charge in [-0.3, -0.25) is 14.4 Å². The Kier molecular flexibility index (Phi) is 6.44. The molecule has 1 saturated heterocycles. The number of amides is 3. The number of likely N-dealkylation sites (tertiary alicyclic amines) is 1. The summed E-state index contributed by atoms with van der Waals surface area (Å²) >= 11 is 0. The van der Waals surface area contributed by atoms with E-state index in [1.807, 2.05) is 0 Å². The molecular weight excluding hydrogens is 392 g/mol. The third-order valence-corrected chi connectivity index (χ3v) is 5.23. The number of likely N-dealkylation sites (N-methyl/N-ethyl adjacent to an activating group) is 1. The van der Waals surface area contributed by atoms with E-state index < -0.39 is 23.6 Å². The summed E-state index contributed by atoms with van der Waals surface area (Å²) in [6.07, 6.45) is 1.29. The van der Waals surface area contributed by atoms with Crippen molar-refractivity contribution < 1.29 is 23.2 Å². The lowest BCUT2D eigenvalue weighted by Gasteiger charge is -2.23. The van der Waals surface area contributed by atoms with Crippen LogP contribution in [0.2, 0.25) is 0 Å². The fourth-order valence-electron chi connectivity index (χ4n) is 3.67. The molecule has 8 heteroatoms. The number of aryl methyl sites for hydroxylation is 1. The van der Waals surface area contributed by atoms with Gasteiger partial charge in [-0.05, 0) is 55.2 Å². The lowest BCUT2D eigenvalue weighted by atomic mass is 9.98. The largest absolute Gasteiger partial charge is 0.357 e. The second-order valence-corrected chi connectivity index (χ2v) is 7.20. The molecule has 158 valence electrons. The van der Waals surface area contributed by atoms with Crippen molar-refractivity contribution in [2.75, 3.05) is 20.1 Å². The zero-order chi connectivity index (χ0) is 21.8. The highest BCUT2D eigenvalue weighted by atomic mass is 19.1. The predicted octanol–water partition coefficient (Wildman–Crippen LogP) is 2.41. The molecule has 0 radical (unpaired) electrons. The maximum absolute atomic E-state index is 14.6. The fourth-order valence-corrected chi connectivity index (χ4v) is 3.67. The first-order chi connectivity index (χ1) is 14.3. The fraction of sp³-hybridized carbons (Fsp3) is 0.318. The third kappa shape index (κ3) is 4.48. The van der Waals surface area contributed by atoms with Crippen LogP contribution < -0.4 is 10.6 Å². The van der Waals surface area contributed by atoms with Gasteiger partial charge in [-0.25, -0.2) is 8.78 Å². The third-order valence-electron chi connectivity index (χ3n) is 5.23. The minimum absolute atomic E-state index is 0.0630. The van der Waals surface area contributed by atoms with Gasteiger partial charge >= 0.3 is 0 Å². The molecule has 0 spiro atoms. The summed E-state index contributed by atoms with van der Waals surface area (Å²) < 4.78 is 27.9. The molecule has 2 aromatic carbocycles. The predicted molar refractivity (Wildman–Crippen MR) is 108 cm³/mol. The van der Waals surface area contributed by atoms with Gasteiger partial charge in [0.25, 0.3) is 5.91 Å². The van der Waals surface area contributed by atoms with Crippen molar-refractivity contribution in [2.24, 2.45) is 0 Å². The van der Waals surface area contributed by atoms with E-state index in [9.17, 15) is 23.2 Å². The molecule has 1 fully saturated rings. The van der Waals surface area contributed by atoms with E-state index in [0.29, 0.717) is 30.5 Å². The Morgan fingerprint density at radius 3 is 2.50 bits per heavy atom. The summed E-state index contributed by atoms with van der Waals surface area (Å²) in [5.41, 5.74) is 1.43. The van der Waals surface area contributed by atoms with Gasteiger partial charge in [-0.2, -0.15) is 0 Å². The summed E-state index contributed by atoms with van der Waals surface area (Å²) in [5.74, 6) is -2.23. The van der Waals surface area contributed by atoms with E-state index in [1.165, 1.54) is 42.3 Å². The van der Waals surface area contributed by atoms with Crippen LogP contribution in [0.25, 0.3) is 11.1 Å². The van der Waals surface area contributed by atoms with Crippen molar-refractivity contribution >= 4 is 17.7 Å². The van der Waals surface area contributed by atoms with Crippen molar-refractivity contribution in [1.82, 2.24) is 15.5 Å². The number of nitrogens with one attached hydrogen (secondary N) is 2. The number of carbonyl (C=O) groups excluding carboxylic acids is 3. The molecule has 6 nitrogen and oxygen atoms in total. The number of halogens is 2. The van der Waals surface area contributed by atoms with Crippen LogP contribution in [0.5, 0.6) is 0 Å². The molecule has 1 atom stereocenters. The number of hydrogen-bond donors (Lipinski definition) is 2. The van der Waals surface area contributed by atoms with Crippen LogP contribution in [0.3, 0.4) is 0 Å². The Morgan fingerprint density at radius 2 is 1.83 bits per heavy atom. The zero-order valence-electron chi connectivity index (χ0n) is 16.8. The van der Waals surface area contributed by atoms with E-state index in [2.05, 4.69) is 10.6 Å². The van der Waals surface area contributed by atoms with Crippen molar-refractivity contribution in [3.05, 3.63) is 59.2 Å². The Bertz CT molecular complexity index is 994. The maximum Gasteiger partial charge on any atom is 0.251 e. The Morgan fingerprint density at radius 1 is 1.10 bits per heavy atom. The summed E-state index contributed by atoms with van der Waals surface area (Å²) in [4.78, 5) is 38.1. The minimum Gasteiger partial charge on any atom is -0.357 e. The highest BCUT2D eigenvalue weighted by Crippen LogP contribution is 2.27. The van der Waals surface area contributed by atoms with Crippen molar-refractivity contribution in [2.45, 2.75) is 25.8 Å². The molecule has 0 aliphatic carbocycles. The molecule has 0 aromatic heterocycles. The average Bonchev–Trinajstić information content (AvgIpc) is 3.21. The van der Waals surface area contributed by atoms with Crippen LogP contribution in [0, 0.1) is 18.6 Å². The quantitative estimate of drug-likeness (QED) is 0.787. The number of benzene rings is 2. The molecule has 30 heavy (non-hydrogen) atoms. The molecule has 0 bridgehead atoms. The van der Waals surface area contributed by atoms with Crippen molar-refractivity contribution in [3.63, 3.8) is 0 Å².